The number of ether oxygens (including phenoxy) is 1. The molecule has 2 aliphatic heterocycles. The average molecular weight is 1820 g/mol. The number of carbonyl (C=O) groups excluding carboxylic acids is 2. The number of rotatable bonds is 5. The predicted molar refractivity (Wildman–Crippen MR) is 539 cm³/mol. The fraction of sp³-hybridized carbons (Fsp3) is 0.714. The highest BCUT2D eigenvalue weighted by Crippen LogP contribution is 2.74. The third kappa shape index (κ3) is 15.6. The van der Waals surface area contributed by atoms with Gasteiger partial charge in [0, 0.05) is 108 Å². The normalized spacial score (nSPS) is 43.8. The molecule has 2 amide bonds. The number of hydrogen-bond acceptors (Lipinski definition) is 9. The van der Waals surface area contributed by atoms with E-state index in [0.29, 0.717) is 62.2 Å². The maximum atomic E-state index is 12.4. The van der Waals surface area contributed by atoms with Gasteiger partial charge in [0.1, 0.15) is 19.3 Å². The molecule has 29 atom stereocenters. The monoisotopic (exact) mass is 1820 g/mol. The van der Waals surface area contributed by atoms with Crippen LogP contribution < -0.4 is 5.32 Å². The van der Waals surface area contributed by atoms with Crippen LogP contribution in [0.1, 0.15) is 355 Å². The van der Waals surface area contributed by atoms with Gasteiger partial charge in [0.05, 0.1) is 18.0 Å². The first-order valence-electron chi connectivity index (χ1n) is 54.8. The van der Waals surface area contributed by atoms with Crippen molar-refractivity contribution in [3.63, 3.8) is 0 Å². The van der Waals surface area contributed by atoms with Gasteiger partial charge in [0.25, 0.3) is 0 Å². The number of allylic oxidation sites excluding steroid dienone is 11. The molecule has 5 aromatic heterocycles. The molecule has 2 unspecified atom stereocenters. The molecule has 5 aromatic rings. The Morgan fingerprint density at radius 3 is 1.45 bits per heavy atom. The second-order valence-electron chi connectivity index (χ2n) is 50.4. The highest BCUT2D eigenvalue weighted by molar-refractivity contribution is 6.32. The molecule has 0 radical (unpaired) electrons. The van der Waals surface area contributed by atoms with E-state index >= 15 is 0 Å². The van der Waals surface area contributed by atoms with Crippen LogP contribution in [0.2, 0.25) is 5.02 Å². The average Bonchev–Trinajstić information content (AvgIpc) is 1.65. The Kier molecular flexibility index (Phi) is 25.3. The second-order valence-corrected chi connectivity index (χ2v) is 50.8. The molecule has 0 bridgehead atoms. The SMILES string of the molecule is CN1C(=O)COC[C@@]2(C)C1CC[C@@H]1[C@@H]2CC[C@]2(C)C(c3cccnc3)=CC[C@@H]12.C[C@]12CCCCC[C@@H]1CC[C@@H]1[C@@H]2CC[C@]2(C)C(c3cnccc3Cl)=CC[C@@H]12.C[C@]12CCCCC[C@@H]1CC[C@@H]1[C@@H]2CC[C@]2(C)C(n3ccnc3)=CC[C@@H]12.C[C@]12CCNC(=O)C=C1CC[C@@H]1C2CC[C@]2(C)C(n3cncn3)=CC[C@@H]12.Cc1ccncc1C1=CC[C@H]2[C@@H]3CC[C@H]4CCCCC[C@]4(C)[C@H]3CC[C@]12C. The summed E-state index contributed by atoms with van der Waals surface area (Å²) in [6.07, 6.45) is 92.4. The third-order valence-electron chi connectivity index (χ3n) is 45.4. The predicted octanol–water partition coefficient (Wildman–Crippen LogP) is 28.5. The van der Waals surface area contributed by atoms with Crippen LogP contribution in [0.5, 0.6) is 0 Å². The molecule has 14 fully saturated rings. The number of halogens is 1. The van der Waals surface area contributed by atoms with Gasteiger partial charge in [0.2, 0.25) is 11.8 Å². The van der Waals surface area contributed by atoms with Gasteiger partial charge in [-0.3, -0.25) is 24.5 Å². The van der Waals surface area contributed by atoms with Crippen LogP contribution in [-0.4, -0.2) is 88.8 Å². The number of likely N-dealkylation sites (N-methyl/N-ethyl adjacent to an activating group) is 1. The number of aromatic nitrogens is 8. The van der Waals surface area contributed by atoms with Crippen molar-refractivity contribution in [2.24, 2.45) is 161 Å². The Bertz CT molecular complexity index is 5130. The van der Waals surface area contributed by atoms with Crippen molar-refractivity contribution in [1.82, 2.24) is 49.5 Å². The van der Waals surface area contributed by atoms with Crippen LogP contribution in [0.4, 0.5) is 0 Å². The summed E-state index contributed by atoms with van der Waals surface area (Å²) >= 11 is 6.59. The number of pyridine rings is 3. The largest absolute Gasteiger partial charge is 0.371 e. The number of carbonyl (C=O) groups is 2. The Balaban J connectivity index is 0.000000100. The van der Waals surface area contributed by atoms with Gasteiger partial charge in [-0.2, -0.15) is 5.10 Å². The fourth-order valence-electron chi connectivity index (χ4n) is 38.3. The highest BCUT2D eigenvalue weighted by Gasteiger charge is 2.65. The topological polar surface area (TPSA) is 146 Å². The summed E-state index contributed by atoms with van der Waals surface area (Å²) in [5, 5.41) is 8.35. The molecular weight excluding hydrogens is 1650 g/mol. The van der Waals surface area contributed by atoms with Gasteiger partial charge >= 0.3 is 0 Å². The van der Waals surface area contributed by atoms with E-state index in [1.54, 1.807) is 17.6 Å². The quantitative estimate of drug-likeness (QED) is 0.182. The summed E-state index contributed by atoms with van der Waals surface area (Å²) in [4.78, 5) is 48.2. The van der Waals surface area contributed by atoms with Gasteiger partial charge < -0.3 is 19.5 Å². The summed E-state index contributed by atoms with van der Waals surface area (Å²) in [7, 11) is 1.99. The lowest BCUT2D eigenvalue weighted by molar-refractivity contribution is -0.137. The molecular formula is C119H165ClN10O3. The van der Waals surface area contributed by atoms with Gasteiger partial charge in [0.15, 0.2) is 0 Å². The van der Waals surface area contributed by atoms with Crippen molar-refractivity contribution in [3.05, 3.63) is 162 Å². The molecule has 13 nitrogen and oxygen atoms in total. The summed E-state index contributed by atoms with van der Waals surface area (Å²) < 4.78 is 10.2. The van der Waals surface area contributed by atoms with E-state index in [4.69, 9.17) is 16.3 Å². The van der Waals surface area contributed by atoms with E-state index in [-0.39, 0.29) is 40.1 Å². The lowest BCUT2D eigenvalue weighted by atomic mass is 9.46. The Hall–Kier alpha value is -6.57. The zero-order valence-electron chi connectivity index (χ0n) is 83.8. The van der Waals surface area contributed by atoms with Crippen molar-refractivity contribution in [3.8, 4) is 0 Å². The lowest BCUT2D eigenvalue weighted by Gasteiger charge is -2.59. The summed E-state index contributed by atoms with van der Waals surface area (Å²) in [5.41, 5.74) is 17.9. The minimum absolute atomic E-state index is 0.0716. The molecule has 13 saturated carbocycles. The number of aryl methyl sites for hydroxylation is 1. The highest BCUT2D eigenvalue weighted by atomic mass is 35.5. The molecule has 716 valence electrons. The molecule has 0 spiro atoms. The smallest absolute Gasteiger partial charge is 0.248 e. The van der Waals surface area contributed by atoms with Crippen molar-refractivity contribution >= 4 is 51.5 Å². The molecule has 0 aromatic carbocycles. The Morgan fingerprint density at radius 2 is 0.910 bits per heavy atom. The van der Waals surface area contributed by atoms with Gasteiger partial charge in [-0.05, 0) is 408 Å². The van der Waals surface area contributed by atoms with E-state index < -0.39 is 0 Å². The van der Waals surface area contributed by atoms with Crippen LogP contribution in [0, 0.1) is 168 Å². The molecule has 7 heterocycles. The Labute approximate surface area is 805 Å². The van der Waals surface area contributed by atoms with Crippen molar-refractivity contribution in [1.29, 1.82) is 0 Å². The van der Waals surface area contributed by atoms with Crippen LogP contribution in [0.3, 0.4) is 0 Å². The first-order chi connectivity index (χ1) is 64.2. The van der Waals surface area contributed by atoms with Crippen LogP contribution >= 0.6 is 11.6 Å². The van der Waals surface area contributed by atoms with Crippen LogP contribution in [-0.2, 0) is 14.3 Å². The Morgan fingerprint density at radius 1 is 0.421 bits per heavy atom. The second kappa shape index (κ2) is 36.3. The van der Waals surface area contributed by atoms with E-state index in [2.05, 4.69) is 177 Å². The summed E-state index contributed by atoms with van der Waals surface area (Å²) in [6.45, 7) is 29.6. The van der Waals surface area contributed by atoms with Gasteiger partial charge in [-0.1, -0.05) is 181 Å². The third-order valence-corrected chi connectivity index (χ3v) is 45.8. The number of hydrogen-bond donors (Lipinski definition) is 1. The zero-order chi connectivity index (χ0) is 91.8. The van der Waals surface area contributed by atoms with Crippen molar-refractivity contribution < 1.29 is 14.3 Å². The standard InChI is InChI=1S/C26H37N.C25H34ClN.C24H32N2O2.C23H34N2.C21H28N4O/c1-18-13-16-27-17-21(18)23-11-10-22-20-9-8-19-7-5-4-6-14-25(19,2)24(20)12-15-26(22,23)3;1-24-13-5-3-4-6-17(24)7-8-18-20-9-10-21(19-16-27-15-12-23(19)26)25(20,2)14-11-22(18)24;1-23-11-10-20-17(19(23)8-7-18(23)16-5-4-12-25-13-16)6-9-21-24(20,2)15-28-14-22(27)26(21)3;1-22-12-5-3-4-6-17(22)7-8-18-19-9-10-21(25-15-14-24-16-25)23(19,2)13-11-20(18)22;1-20-9-10-23-19(26)11-14(20)3-4-15-16-5-6-18(25-13-22-12-24-25)21(16,2)8-7-17(15)20/h11,13,16-17,19-20,22,24H,4-10,12,14-15H2,1-3H3;10,12,15-18,20,22H,3-9,11,13-14H2,1-2H3;4-5,7,12-13,17,19-21H,6,8-11,14-15H2,1-3H3;10,14-20H,3-9,11-13H2,1-2H3;6,11-13,15-17H,3-5,7-10H2,1-2H3,(H,23,26)/t19-,20+,22+,24+,25+,26+;17-,18+,20+,22+,24+,25+;17-,19-,20-,21?,23+,24+;17-,18+,19+,20+,22+,23+;15-,16-,17?,20-,21-/m11010/s1. The molecule has 1 N–H and O–H groups in total. The maximum absolute atomic E-state index is 12.4. The molecule has 14 heteroatoms. The van der Waals surface area contributed by atoms with Gasteiger partial charge in [-0.15, -0.1) is 0 Å². The van der Waals surface area contributed by atoms with E-state index in [9.17, 15) is 9.59 Å². The molecule has 20 aliphatic rings. The van der Waals surface area contributed by atoms with Crippen LogP contribution in [0.15, 0.2) is 135 Å². The zero-order valence-corrected chi connectivity index (χ0v) is 84.6. The molecule has 18 aliphatic carbocycles. The fourth-order valence-corrected chi connectivity index (χ4v) is 38.5. The summed E-state index contributed by atoms with van der Waals surface area (Å²) in [6, 6.07) is 8.74. The van der Waals surface area contributed by atoms with Crippen molar-refractivity contribution in [2.75, 3.05) is 26.8 Å². The number of nitrogens with one attached hydrogen (secondary N) is 1. The van der Waals surface area contributed by atoms with Crippen LogP contribution in [0.25, 0.3) is 28.1 Å². The number of fused-ring (bicyclic) bond motifs is 25. The molecule has 1 saturated heterocycles. The first kappa shape index (κ1) is 92.8. The number of amides is 2. The van der Waals surface area contributed by atoms with Gasteiger partial charge in [-0.25, -0.2) is 14.6 Å². The van der Waals surface area contributed by atoms with Crippen molar-refractivity contribution in [2.45, 2.75) is 345 Å². The van der Waals surface area contributed by atoms with E-state index in [1.165, 1.54) is 282 Å². The minimum atomic E-state index is 0.0716. The lowest BCUT2D eigenvalue weighted by Crippen LogP contribution is -2.58. The number of nitrogens with zero attached hydrogens (tertiary/aromatic N) is 9. The minimum Gasteiger partial charge on any atom is -0.371 e. The summed E-state index contributed by atoms with van der Waals surface area (Å²) in [5.74, 6) is 15.7. The maximum Gasteiger partial charge on any atom is 0.248 e. The van der Waals surface area contributed by atoms with E-state index in [1.807, 2.05) is 78.6 Å². The van der Waals surface area contributed by atoms with E-state index in [0.717, 1.165) is 127 Å². The number of imidazole rings is 1. The molecule has 25 rings (SSSR count). The molecule has 133 heavy (non-hydrogen) atoms. The first-order valence-corrected chi connectivity index (χ1v) is 55.2.